The van der Waals surface area contributed by atoms with Crippen LogP contribution in [0.5, 0.6) is 0 Å². The van der Waals surface area contributed by atoms with Crippen molar-refractivity contribution in [3.8, 4) is 6.07 Å². The maximum Gasteiger partial charge on any atom is 0.0638 e. The number of rotatable bonds is 5. The zero-order chi connectivity index (χ0) is 11.1. The molecule has 3 nitrogen and oxygen atoms in total. The Kier molecular flexibility index (Phi) is 4.82. The van der Waals surface area contributed by atoms with Crippen LogP contribution >= 0.6 is 0 Å². The summed E-state index contributed by atoms with van der Waals surface area (Å²) in [5, 5.41) is 21.0. The lowest BCUT2D eigenvalue weighted by Crippen LogP contribution is -2.32. The molecule has 0 heterocycles. The van der Waals surface area contributed by atoms with Crippen molar-refractivity contribution in [2.75, 3.05) is 6.61 Å². The lowest BCUT2D eigenvalue weighted by Gasteiger charge is -2.20. The maximum atomic E-state index is 9.25. The van der Waals surface area contributed by atoms with E-state index in [9.17, 15) is 5.11 Å². The quantitative estimate of drug-likeness (QED) is 0.766. The molecule has 2 atom stereocenters. The standard InChI is InChI=1S/C12H16N2O/c1-10(7-8-13)14-12(9-15)11-5-3-2-4-6-11/h2-6,10,12,14-15H,7,9H2,1H3. The van der Waals surface area contributed by atoms with E-state index in [1.54, 1.807) is 0 Å². The minimum absolute atomic E-state index is 0.0415. The summed E-state index contributed by atoms with van der Waals surface area (Å²) in [7, 11) is 0. The third-order valence-electron chi connectivity index (χ3n) is 2.27. The van der Waals surface area contributed by atoms with Crippen LogP contribution in [0.25, 0.3) is 0 Å². The van der Waals surface area contributed by atoms with Crippen LogP contribution in [0.15, 0.2) is 30.3 Å². The first-order valence-electron chi connectivity index (χ1n) is 5.06. The average molecular weight is 204 g/mol. The Balaban J connectivity index is 2.61. The van der Waals surface area contributed by atoms with Crippen LogP contribution in [0, 0.1) is 11.3 Å². The number of aliphatic hydroxyl groups is 1. The highest BCUT2D eigenvalue weighted by Gasteiger charge is 2.12. The molecule has 1 aromatic carbocycles. The lowest BCUT2D eigenvalue weighted by molar-refractivity contribution is 0.235. The van der Waals surface area contributed by atoms with E-state index >= 15 is 0 Å². The fourth-order valence-corrected chi connectivity index (χ4v) is 1.48. The number of nitriles is 1. The highest BCUT2D eigenvalue weighted by molar-refractivity contribution is 5.19. The smallest absolute Gasteiger partial charge is 0.0638 e. The Morgan fingerprint density at radius 1 is 1.40 bits per heavy atom. The van der Waals surface area contributed by atoms with E-state index in [1.807, 2.05) is 37.3 Å². The first kappa shape index (κ1) is 11.7. The summed E-state index contributed by atoms with van der Waals surface area (Å²) in [6.07, 6.45) is 0.448. The van der Waals surface area contributed by atoms with E-state index in [4.69, 9.17) is 5.26 Å². The zero-order valence-electron chi connectivity index (χ0n) is 8.85. The maximum absolute atomic E-state index is 9.25. The molecular weight excluding hydrogens is 188 g/mol. The van der Waals surface area contributed by atoms with Gasteiger partial charge in [0.25, 0.3) is 0 Å². The summed E-state index contributed by atoms with van der Waals surface area (Å²) in [5.74, 6) is 0. The van der Waals surface area contributed by atoms with Crippen molar-refractivity contribution in [3.63, 3.8) is 0 Å². The molecule has 2 N–H and O–H groups in total. The van der Waals surface area contributed by atoms with Gasteiger partial charge in [-0.25, -0.2) is 0 Å². The summed E-state index contributed by atoms with van der Waals surface area (Å²) in [6, 6.07) is 11.9. The molecule has 0 spiro atoms. The van der Waals surface area contributed by atoms with Crippen LogP contribution in [-0.4, -0.2) is 17.8 Å². The van der Waals surface area contributed by atoms with Crippen molar-refractivity contribution < 1.29 is 5.11 Å². The number of benzene rings is 1. The fourth-order valence-electron chi connectivity index (χ4n) is 1.48. The molecule has 0 fully saturated rings. The molecule has 3 heteroatoms. The molecule has 0 amide bonds. The molecule has 0 bridgehead atoms. The monoisotopic (exact) mass is 204 g/mol. The van der Waals surface area contributed by atoms with Gasteiger partial charge < -0.3 is 10.4 Å². The van der Waals surface area contributed by atoms with Crippen LogP contribution in [0.3, 0.4) is 0 Å². The summed E-state index contributed by atoms with van der Waals surface area (Å²) in [6.45, 7) is 1.98. The van der Waals surface area contributed by atoms with Crippen LogP contribution in [-0.2, 0) is 0 Å². The Morgan fingerprint density at radius 3 is 2.60 bits per heavy atom. The van der Waals surface area contributed by atoms with Crippen molar-refractivity contribution in [1.29, 1.82) is 5.26 Å². The van der Waals surface area contributed by atoms with Crippen LogP contribution < -0.4 is 5.32 Å². The number of hydrogen-bond donors (Lipinski definition) is 2. The molecule has 0 aromatic heterocycles. The largest absolute Gasteiger partial charge is 0.394 e. The second-order valence-corrected chi connectivity index (χ2v) is 3.58. The van der Waals surface area contributed by atoms with Gasteiger partial charge in [-0.2, -0.15) is 5.26 Å². The SMILES string of the molecule is CC(CC#N)NC(CO)c1ccccc1. The Bertz CT molecular complexity index is 318. The van der Waals surface area contributed by atoms with Gasteiger partial charge in [0.2, 0.25) is 0 Å². The second kappa shape index (κ2) is 6.18. The molecule has 0 aliphatic carbocycles. The average Bonchev–Trinajstić information content (AvgIpc) is 2.27. The Morgan fingerprint density at radius 2 is 2.07 bits per heavy atom. The van der Waals surface area contributed by atoms with Crippen LogP contribution in [0.2, 0.25) is 0 Å². The molecule has 15 heavy (non-hydrogen) atoms. The molecule has 0 saturated carbocycles. The van der Waals surface area contributed by atoms with Gasteiger partial charge in [0, 0.05) is 6.04 Å². The number of nitrogens with one attached hydrogen (secondary N) is 1. The number of aliphatic hydroxyl groups excluding tert-OH is 1. The van der Waals surface area contributed by atoms with Gasteiger partial charge in [0.05, 0.1) is 25.1 Å². The van der Waals surface area contributed by atoms with Gasteiger partial charge in [-0.15, -0.1) is 0 Å². The molecule has 0 radical (unpaired) electrons. The van der Waals surface area contributed by atoms with Crippen LogP contribution in [0.1, 0.15) is 24.9 Å². The van der Waals surface area contributed by atoms with Gasteiger partial charge in [0.1, 0.15) is 0 Å². The third-order valence-corrected chi connectivity index (χ3v) is 2.27. The highest BCUT2D eigenvalue weighted by Crippen LogP contribution is 2.12. The van der Waals surface area contributed by atoms with E-state index in [0.29, 0.717) is 6.42 Å². The molecule has 1 rings (SSSR count). The molecule has 1 aromatic rings. The molecule has 80 valence electrons. The first-order chi connectivity index (χ1) is 7.27. The summed E-state index contributed by atoms with van der Waals surface area (Å²) >= 11 is 0. The van der Waals surface area contributed by atoms with Gasteiger partial charge >= 0.3 is 0 Å². The first-order valence-corrected chi connectivity index (χ1v) is 5.06. The predicted octanol–water partition coefficient (Wildman–Crippen LogP) is 1.61. The number of nitrogens with zero attached hydrogens (tertiary/aromatic N) is 1. The van der Waals surface area contributed by atoms with E-state index < -0.39 is 0 Å². The number of hydrogen-bond acceptors (Lipinski definition) is 3. The van der Waals surface area contributed by atoms with Crippen molar-refractivity contribution >= 4 is 0 Å². The van der Waals surface area contributed by atoms with Crippen molar-refractivity contribution in [1.82, 2.24) is 5.32 Å². The normalized spacial score (nSPS) is 14.2. The van der Waals surface area contributed by atoms with Crippen molar-refractivity contribution in [2.24, 2.45) is 0 Å². The fraction of sp³-hybridized carbons (Fsp3) is 0.417. The highest BCUT2D eigenvalue weighted by atomic mass is 16.3. The van der Waals surface area contributed by atoms with Crippen molar-refractivity contribution in [2.45, 2.75) is 25.4 Å². The van der Waals surface area contributed by atoms with Gasteiger partial charge in [-0.05, 0) is 12.5 Å². The van der Waals surface area contributed by atoms with E-state index in [1.165, 1.54) is 0 Å². The Labute approximate surface area is 90.4 Å². The summed E-state index contributed by atoms with van der Waals surface area (Å²) < 4.78 is 0. The zero-order valence-corrected chi connectivity index (χ0v) is 8.85. The van der Waals surface area contributed by atoms with Gasteiger partial charge in [-0.1, -0.05) is 30.3 Å². The second-order valence-electron chi connectivity index (χ2n) is 3.58. The van der Waals surface area contributed by atoms with E-state index in [-0.39, 0.29) is 18.7 Å². The van der Waals surface area contributed by atoms with Crippen LogP contribution in [0.4, 0.5) is 0 Å². The third kappa shape index (κ3) is 3.70. The topological polar surface area (TPSA) is 56.0 Å². The van der Waals surface area contributed by atoms with E-state index in [0.717, 1.165) is 5.56 Å². The molecular formula is C12H16N2O. The lowest BCUT2D eigenvalue weighted by atomic mass is 10.1. The molecule has 0 saturated heterocycles. The van der Waals surface area contributed by atoms with Gasteiger partial charge in [-0.3, -0.25) is 0 Å². The van der Waals surface area contributed by atoms with Crippen molar-refractivity contribution in [3.05, 3.63) is 35.9 Å². The minimum atomic E-state index is -0.0884. The Hall–Kier alpha value is -1.37. The van der Waals surface area contributed by atoms with Gasteiger partial charge in [0.15, 0.2) is 0 Å². The molecule has 0 aliphatic heterocycles. The summed E-state index contributed by atoms with van der Waals surface area (Å²) in [5.41, 5.74) is 1.05. The summed E-state index contributed by atoms with van der Waals surface area (Å²) in [4.78, 5) is 0. The predicted molar refractivity (Wildman–Crippen MR) is 59.1 cm³/mol. The van der Waals surface area contributed by atoms with E-state index in [2.05, 4.69) is 11.4 Å². The minimum Gasteiger partial charge on any atom is -0.394 e. The molecule has 2 unspecified atom stereocenters. The molecule has 0 aliphatic rings.